The average Bonchev–Trinajstić information content (AvgIpc) is 2.63. The van der Waals surface area contributed by atoms with Gasteiger partial charge >= 0.3 is 5.97 Å². The Balaban J connectivity index is 2.65. The Bertz CT molecular complexity index is 602. The number of ether oxygens (including phenoxy) is 1. The van der Waals surface area contributed by atoms with Crippen molar-refractivity contribution in [2.75, 3.05) is 12.4 Å². The maximum Gasteiger partial charge on any atom is 0.341 e. The Morgan fingerprint density at radius 2 is 1.90 bits per heavy atom. The summed E-state index contributed by atoms with van der Waals surface area (Å²) in [6.45, 7) is 9.82. The predicted octanol–water partition coefficient (Wildman–Crippen LogP) is 2.65. The van der Waals surface area contributed by atoms with Crippen LogP contribution in [0.15, 0.2) is 0 Å². The van der Waals surface area contributed by atoms with Crippen LogP contribution in [0.5, 0.6) is 0 Å². The minimum Gasteiger partial charge on any atom is -0.465 e. The molecule has 0 fully saturated rings. The second-order valence-corrected chi connectivity index (χ2v) is 7.62. The summed E-state index contributed by atoms with van der Waals surface area (Å²) in [5, 5.41) is 6.92. The number of nitrogens with one attached hydrogen (secondary N) is 2. The number of rotatable bonds is 2. The van der Waals surface area contributed by atoms with Crippen molar-refractivity contribution in [1.82, 2.24) is 5.32 Å². The normalized spacial score (nSPS) is 18.8. The van der Waals surface area contributed by atoms with Crippen LogP contribution in [0.1, 0.15) is 55.4 Å². The highest BCUT2D eigenvalue weighted by Crippen LogP contribution is 2.45. The smallest absolute Gasteiger partial charge is 0.341 e. The van der Waals surface area contributed by atoms with Crippen LogP contribution in [0.2, 0.25) is 0 Å². The molecule has 116 valence electrons. The number of amides is 1. The molecule has 0 radical (unpaired) electrons. The molecular formula is C15H22N2O3S. The lowest BCUT2D eigenvalue weighted by atomic mass is 9.81. The summed E-state index contributed by atoms with van der Waals surface area (Å²) in [4.78, 5) is 24.7. The van der Waals surface area contributed by atoms with E-state index >= 15 is 0 Å². The summed E-state index contributed by atoms with van der Waals surface area (Å²) in [7, 11) is 1.36. The van der Waals surface area contributed by atoms with Crippen molar-refractivity contribution in [2.24, 2.45) is 0 Å². The highest BCUT2D eigenvalue weighted by molar-refractivity contribution is 7.17. The molecular weight excluding hydrogens is 288 g/mol. The van der Waals surface area contributed by atoms with Crippen LogP contribution in [-0.2, 0) is 21.5 Å². The van der Waals surface area contributed by atoms with Gasteiger partial charge in [-0.2, -0.15) is 0 Å². The van der Waals surface area contributed by atoms with Crippen molar-refractivity contribution in [3.05, 3.63) is 16.0 Å². The van der Waals surface area contributed by atoms with E-state index in [-0.39, 0.29) is 17.0 Å². The number of thiophene rings is 1. The van der Waals surface area contributed by atoms with E-state index in [4.69, 9.17) is 4.74 Å². The summed E-state index contributed by atoms with van der Waals surface area (Å²) in [6.07, 6.45) is 0.715. The maximum atomic E-state index is 12.2. The molecule has 1 aliphatic rings. The number of fused-ring (bicyclic) bond motifs is 1. The van der Waals surface area contributed by atoms with Crippen molar-refractivity contribution in [1.29, 1.82) is 0 Å². The van der Waals surface area contributed by atoms with Gasteiger partial charge in [0.15, 0.2) is 0 Å². The van der Waals surface area contributed by atoms with Crippen molar-refractivity contribution in [3.63, 3.8) is 0 Å². The molecule has 21 heavy (non-hydrogen) atoms. The topological polar surface area (TPSA) is 67.4 Å². The Kier molecular flexibility index (Phi) is 3.88. The largest absolute Gasteiger partial charge is 0.465 e. The molecule has 2 rings (SSSR count). The molecule has 0 saturated heterocycles. The van der Waals surface area contributed by atoms with E-state index in [1.807, 2.05) is 0 Å². The molecule has 0 spiro atoms. The van der Waals surface area contributed by atoms with Gasteiger partial charge in [-0.15, -0.1) is 11.3 Å². The summed E-state index contributed by atoms with van der Waals surface area (Å²) >= 11 is 1.45. The van der Waals surface area contributed by atoms with Gasteiger partial charge in [0, 0.05) is 22.9 Å². The summed E-state index contributed by atoms with van der Waals surface area (Å²) in [5.74, 6) is -0.589. The van der Waals surface area contributed by atoms with Crippen molar-refractivity contribution < 1.29 is 14.3 Å². The average molecular weight is 310 g/mol. The van der Waals surface area contributed by atoms with Crippen LogP contribution in [-0.4, -0.2) is 24.5 Å². The van der Waals surface area contributed by atoms with Crippen LogP contribution in [0, 0.1) is 0 Å². The van der Waals surface area contributed by atoms with E-state index in [1.165, 1.54) is 25.4 Å². The monoisotopic (exact) mass is 310 g/mol. The second kappa shape index (κ2) is 5.10. The SMILES string of the molecule is COC(=O)c1c(NC(C)=O)sc2c1CC(C)(C)NC2(C)C. The number of carbonyl (C=O) groups excluding carboxylic acids is 2. The van der Waals surface area contributed by atoms with Gasteiger partial charge in [-0.05, 0) is 39.7 Å². The van der Waals surface area contributed by atoms with Crippen LogP contribution >= 0.6 is 11.3 Å². The highest BCUT2D eigenvalue weighted by Gasteiger charge is 2.41. The fraction of sp³-hybridized carbons (Fsp3) is 0.600. The van der Waals surface area contributed by atoms with Gasteiger partial charge in [-0.25, -0.2) is 4.79 Å². The first-order chi connectivity index (χ1) is 9.57. The lowest BCUT2D eigenvalue weighted by Crippen LogP contribution is -2.55. The molecule has 0 bridgehead atoms. The fourth-order valence-corrected chi connectivity index (χ4v) is 4.40. The number of hydrogen-bond donors (Lipinski definition) is 2. The third kappa shape index (κ3) is 2.96. The van der Waals surface area contributed by atoms with Crippen molar-refractivity contribution >= 4 is 28.2 Å². The molecule has 0 saturated carbocycles. The third-order valence-corrected chi connectivity index (χ3v) is 4.99. The van der Waals surface area contributed by atoms with Crippen molar-refractivity contribution in [3.8, 4) is 0 Å². The van der Waals surface area contributed by atoms with Gasteiger partial charge < -0.3 is 15.4 Å². The number of hydrogen-bond acceptors (Lipinski definition) is 5. The molecule has 2 heterocycles. The van der Waals surface area contributed by atoms with Crippen molar-refractivity contribution in [2.45, 2.75) is 52.1 Å². The lowest BCUT2D eigenvalue weighted by molar-refractivity contribution is -0.114. The zero-order valence-corrected chi connectivity index (χ0v) is 14.2. The molecule has 6 heteroatoms. The highest BCUT2D eigenvalue weighted by atomic mass is 32.1. The molecule has 2 N–H and O–H groups in total. The van der Waals surface area contributed by atoms with Crippen LogP contribution < -0.4 is 10.6 Å². The van der Waals surface area contributed by atoms with Gasteiger partial charge in [-0.1, -0.05) is 0 Å². The standard InChI is InChI=1S/C15H22N2O3S/c1-8(18)16-12-10(13(19)20-6)9-7-14(2,3)17-15(4,5)11(9)21-12/h17H,7H2,1-6H3,(H,16,18). The molecule has 0 atom stereocenters. The Morgan fingerprint density at radius 3 is 2.43 bits per heavy atom. The Morgan fingerprint density at radius 1 is 1.29 bits per heavy atom. The number of esters is 1. The molecule has 0 unspecified atom stereocenters. The van der Waals surface area contributed by atoms with E-state index < -0.39 is 5.97 Å². The summed E-state index contributed by atoms with van der Waals surface area (Å²) in [6, 6.07) is 0. The van der Waals surface area contributed by atoms with E-state index in [1.54, 1.807) is 0 Å². The van der Waals surface area contributed by atoms with Crippen LogP contribution in [0.4, 0.5) is 5.00 Å². The first kappa shape index (κ1) is 16.0. The molecule has 0 aromatic carbocycles. The zero-order valence-electron chi connectivity index (χ0n) is 13.3. The van der Waals surface area contributed by atoms with E-state index in [2.05, 4.69) is 38.3 Å². The maximum absolute atomic E-state index is 12.2. The minimum absolute atomic E-state index is 0.131. The van der Waals surface area contributed by atoms with E-state index in [9.17, 15) is 9.59 Å². The Hall–Kier alpha value is -1.40. The fourth-order valence-electron chi connectivity index (χ4n) is 3.09. The first-order valence-electron chi connectivity index (χ1n) is 6.89. The lowest BCUT2D eigenvalue weighted by Gasteiger charge is -2.42. The van der Waals surface area contributed by atoms with Gasteiger partial charge in [0.1, 0.15) is 5.00 Å². The Labute approximate surface area is 129 Å². The number of anilines is 1. The minimum atomic E-state index is -0.398. The number of carbonyl (C=O) groups is 2. The first-order valence-corrected chi connectivity index (χ1v) is 7.70. The molecule has 1 amide bonds. The molecule has 5 nitrogen and oxygen atoms in total. The third-order valence-electron chi connectivity index (χ3n) is 3.52. The van der Waals surface area contributed by atoms with E-state index in [0.717, 1.165) is 10.4 Å². The van der Waals surface area contributed by atoms with Gasteiger partial charge in [0.25, 0.3) is 0 Å². The van der Waals surface area contributed by atoms with Gasteiger partial charge in [-0.3, -0.25) is 4.79 Å². The molecule has 1 aliphatic heterocycles. The molecule has 1 aromatic rings. The van der Waals surface area contributed by atoms with E-state index in [0.29, 0.717) is 17.0 Å². The van der Waals surface area contributed by atoms with Crippen LogP contribution in [0.3, 0.4) is 0 Å². The second-order valence-electron chi connectivity index (χ2n) is 6.60. The summed E-state index contributed by atoms with van der Waals surface area (Å²) < 4.78 is 4.92. The van der Waals surface area contributed by atoms with Gasteiger partial charge in [0.05, 0.1) is 12.7 Å². The quantitative estimate of drug-likeness (QED) is 0.824. The van der Waals surface area contributed by atoms with Gasteiger partial charge in [0.2, 0.25) is 5.91 Å². The molecule has 0 aliphatic carbocycles. The predicted molar refractivity (Wildman–Crippen MR) is 83.9 cm³/mol. The summed E-state index contributed by atoms with van der Waals surface area (Å²) in [5.41, 5.74) is 1.08. The number of methoxy groups -OCH3 is 1. The molecule has 1 aromatic heterocycles. The van der Waals surface area contributed by atoms with Crippen LogP contribution in [0.25, 0.3) is 0 Å². The zero-order chi connectivity index (χ0) is 16.0.